The van der Waals surface area contributed by atoms with Gasteiger partial charge in [0.15, 0.2) is 0 Å². The smallest absolute Gasteiger partial charge is 0.122 e. The van der Waals surface area contributed by atoms with Crippen LogP contribution in [0.2, 0.25) is 0 Å². The summed E-state index contributed by atoms with van der Waals surface area (Å²) in [6, 6.07) is 4.54. The van der Waals surface area contributed by atoms with Crippen LogP contribution in [0.25, 0.3) is 0 Å². The lowest BCUT2D eigenvalue weighted by atomic mass is 10.0. The molecule has 0 aliphatic carbocycles. The van der Waals surface area contributed by atoms with Gasteiger partial charge in [-0.1, -0.05) is 6.92 Å². The molecule has 3 heteroatoms. The molecule has 1 aliphatic heterocycles. The highest BCUT2D eigenvalue weighted by Gasteiger charge is 2.29. The van der Waals surface area contributed by atoms with Crippen molar-refractivity contribution in [3.8, 4) is 0 Å². The van der Waals surface area contributed by atoms with Gasteiger partial charge in [-0.05, 0) is 51.4 Å². The number of likely N-dealkylation sites (tertiary alicyclic amines) is 1. The van der Waals surface area contributed by atoms with E-state index in [9.17, 15) is 0 Å². The first-order valence-corrected chi connectivity index (χ1v) is 6.28. The van der Waals surface area contributed by atoms with Crippen LogP contribution in [-0.2, 0) is 0 Å². The van der Waals surface area contributed by atoms with Crippen LogP contribution in [0.4, 0.5) is 0 Å². The average Bonchev–Trinajstić information content (AvgIpc) is 2.91. The van der Waals surface area contributed by atoms with Gasteiger partial charge in [-0.25, -0.2) is 0 Å². The van der Waals surface area contributed by atoms with E-state index in [1.807, 2.05) is 13.0 Å². The van der Waals surface area contributed by atoms with Gasteiger partial charge in [-0.3, -0.25) is 4.90 Å². The first kappa shape index (κ1) is 11.7. The van der Waals surface area contributed by atoms with E-state index in [0.717, 1.165) is 31.0 Å². The molecule has 0 saturated carbocycles. The van der Waals surface area contributed by atoms with Crippen LogP contribution < -0.4 is 5.73 Å². The maximum atomic E-state index is 6.24. The lowest BCUT2D eigenvalue weighted by Gasteiger charge is -2.30. The molecule has 0 spiro atoms. The van der Waals surface area contributed by atoms with Crippen molar-refractivity contribution < 1.29 is 4.42 Å². The molecule has 2 N–H and O–H groups in total. The number of hydrogen-bond donors (Lipinski definition) is 1. The normalized spacial score (nSPS) is 21.2. The number of nitrogens with zero attached hydrogens (tertiary/aromatic N) is 1. The molecule has 2 rings (SSSR count). The summed E-state index contributed by atoms with van der Waals surface area (Å²) in [7, 11) is 0. The molecular weight excluding hydrogens is 200 g/mol. The van der Waals surface area contributed by atoms with Gasteiger partial charge in [-0.2, -0.15) is 0 Å². The van der Waals surface area contributed by atoms with Gasteiger partial charge in [0, 0.05) is 6.04 Å². The fourth-order valence-electron chi connectivity index (χ4n) is 2.52. The molecule has 1 aliphatic rings. The topological polar surface area (TPSA) is 42.4 Å². The largest absolute Gasteiger partial charge is 0.465 e. The van der Waals surface area contributed by atoms with E-state index in [-0.39, 0.29) is 12.1 Å². The predicted octanol–water partition coefficient (Wildman–Crippen LogP) is 2.46. The third-order valence-corrected chi connectivity index (χ3v) is 3.46. The quantitative estimate of drug-likeness (QED) is 0.851. The summed E-state index contributed by atoms with van der Waals surface area (Å²) >= 11 is 0. The van der Waals surface area contributed by atoms with E-state index in [0.29, 0.717) is 0 Å². The van der Waals surface area contributed by atoms with Crippen LogP contribution in [0.1, 0.15) is 43.7 Å². The monoisotopic (exact) mass is 222 g/mol. The third-order valence-electron chi connectivity index (χ3n) is 3.46. The van der Waals surface area contributed by atoms with E-state index in [1.54, 1.807) is 0 Å². The molecule has 0 aromatic carbocycles. The Bertz CT molecular complexity index is 328. The van der Waals surface area contributed by atoms with E-state index in [4.69, 9.17) is 10.2 Å². The molecule has 2 unspecified atom stereocenters. The molecule has 1 aromatic rings. The van der Waals surface area contributed by atoms with E-state index in [1.165, 1.54) is 12.8 Å². The molecular formula is C13H22N2O. The van der Waals surface area contributed by atoms with Crippen LogP contribution in [0.15, 0.2) is 16.5 Å². The van der Waals surface area contributed by atoms with Crippen molar-refractivity contribution in [1.82, 2.24) is 4.90 Å². The Morgan fingerprint density at radius 1 is 1.38 bits per heavy atom. The van der Waals surface area contributed by atoms with Crippen molar-refractivity contribution >= 4 is 0 Å². The summed E-state index contributed by atoms with van der Waals surface area (Å²) in [5.41, 5.74) is 6.24. The van der Waals surface area contributed by atoms with Crippen molar-refractivity contribution in [2.24, 2.45) is 5.73 Å². The van der Waals surface area contributed by atoms with E-state index >= 15 is 0 Å². The average molecular weight is 222 g/mol. The maximum absolute atomic E-state index is 6.24. The Morgan fingerprint density at radius 2 is 2.06 bits per heavy atom. The van der Waals surface area contributed by atoms with Crippen molar-refractivity contribution in [2.75, 3.05) is 13.1 Å². The molecule has 90 valence electrons. The van der Waals surface area contributed by atoms with Gasteiger partial charge >= 0.3 is 0 Å². The molecule has 1 fully saturated rings. The summed E-state index contributed by atoms with van der Waals surface area (Å²) < 4.78 is 5.76. The molecule has 0 radical (unpaired) electrons. The maximum Gasteiger partial charge on any atom is 0.122 e. The van der Waals surface area contributed by atoms with Crippen LogP contribution in [-0.4, -0.2) is 24.0 Å². The van der Waals surface area contributed by atoms with Gasteiger partial charge < -0.3 is 10.2 Å². The third kappa shape index (κ3) is 2.30. The highest BCUT2D eigenvalue weighted by Crippen LogP contribution is 2.29. The standard InChI is InChI=1S/C13H22N2O/c1-3-11(14)13(15-8-4-5-9-15)12-7-6-10(2)16-12/h6-7,11,13H,3-5,8-9,14H2,1-2H3. The zero-order chi connectivity index (χ0) is 11.5. The van der Waals surface area contributed by atoms with Crippen LogP contribution >= 0.6 is 0 Å². The van der Waals surface area contributed by atoms with Crippen molar-refractivity contribution in [2.45, 2.75) is 45.2 Å². The molecule has 0 amide bonds. The first-order chi connectivity index (χ1) is 7.72. The molecule has 2 heterocycles. The molecule has 2 atom stereocenters. The SMILES string of the molecule is CCC(N)C(c1ccc(C)o1)N1CCCC1. The minimum atomic E-state index is 0.170. The Balaban J connectivity index is 2.19. The van der Waals surface area contributed by atoms with Gasteiger partial charge in [0.25, 0.3) is 0 Å². The zero-order valence-electron chi connectivity index (χ0n) is 10.3. The van der Waals surface area contributed by atoms with Crippen LogP contribution in [0, 0.1) is 6.92 Å². The zero-order valence-corrected chi connectivity index (χ0v) is 10.3. The number of hydrogen-bond acceptors (Lipinski definition) is 3. The molecule has 1 saturated heterocycles. The second kappa shape index (κ2) is 5.02. The van der Waals surface area contributed by atoms with E-state index in [2.05, 4.69) is 17.9 Å². The minimum Gasteiger partial charge on any atom is -0.465 e. The van der Waals surface area contributed by atoms with Crippen molar-refractivity contribution in [3.63, 3.8) is 0 Å². The minimum absolute atomic E-state index is 0.170. The molecule has 16 heavy (non-hydrogen) atoms. The number of nitrogens with two attached hydrogens (primary N) is 1. The van der Waals surface area contributed by atoms with Crippen molar-refractivity contribution in [3.05, 3.63) is 23.7 Å². The van der Waals surface area contributed by atoms with Crippen molar-refractivity contribution in [1.29, 1.82) is 0 Å². The van der Waals surface area contributed by atoms with Gasteiger partial charge in [0.05, 0.1) is 6.04 Å². The summed E-state index contributed by atoms with van der Waals surface area (Å²) in [4.78, 5) is 2.46. The Kier molecular flexibility index (Phi) is 3.66. The van der Waals surface area contributed by atoms with Gasteiger partial charge in [0.1, 0.15) is 11.5 Å². The number of aryl methyl sites for hydroxylation is 1. The Labute approximate surface area is 97.6 Å². The summed E-state index contributed by atoms with van der Waals surface area (Å²) in [5.74, 6) is 2.01. The summed E-state index contributed by atoms with van der Waals surface area (Å²) in [6.45, 7) is 6.43. The lowest BCUT2D eigenvalue weighted by molar-refractivity contribution is 0.181. The number of furan rings is 1. The van der Waals surface area contributed by atoms with E-state index < -0.39 is 0 Å². The van der Waals surface area contributed by atoms with Gasteiger partial charge in [0.2, 0.25) is 0 Å². The fourth-order valence-corrected chi connectivity index (χ4v) is 2.52. The highest BCUT2D eigenvalue weighted by atomic mass is 16.3. The molecule has 3 nitrogen and oxygen atoms in total. The van der Waals surface area contributed by atoms with Crippen LogP contribution in [0.5, 0.6) is 0 Å². The molecule has 1 aromatic heterocycles. The second-order valence-corrected chi connectivity index (χ2v) is 4.71. The second-order valence-electron chi connectivity index (χ2n) is 4.71. The molecule has 0 bridgehead atoms. The fraction of sp³-hybridized carbons (Fsp3) is 0.692. The van der Waals surface area contributed by atoms with Gasteiger partial charge in [-0.15, -0.1) is 0 Å². The number of rotatable bonds is 4. The Hall–Kier alpha value is -0.800. The summed E-state index contributed by atoms with van der Waals surface area (Å²) in [6.07, 6.45) is 3.56. The highest BCUT2D eigenvalue weighted by molar-refractivity contribution is 5.12. The first-order valence-electron chi connectivity index (χ1n) is 6.28. The Morgan fingerprint density at radius 3 is 2.56 bits per heavy atom. The summed E-state index contributed by atoms with van der Waals surface area (Å²) in [5, 5.41) is 0. The lowest BCUT2D eigenvalue weighted by Crippen LogP contribution is -2.39. The van der Waals surface area contributed by atoms with Crippen LogP contribution in [0.3, 0.4) is 0 Å². The predicted molar refractivity (Wildman–Crippen MR) is 65.3 cm³/mol.